The van der Waals surface area contributed by atoms with Gasteiger partial charge in [0.2, 0.25) is 15.9 Å². The van der Waals surface area contributed by atoms with Gasteiger partial charge in [0, 0.05) is 37.5 Å². The van der Waals surface area contributed by atoms with Crippen molar-refractivity contribution < 1.29 is 17.9 Å². The third kappa shape index (κ3) is 3.56. The number of aromatic nitrogens is 2. The summed E-state index contributed by atoms with van der Waals surface area (Å²) in [7, 11) is -1.59. The standard InChI is InChI=1S/C14H22N4O4S/c1-3-23(19,20)17-5-10-8-22-12-7-18(6-11(10)12)13-4-14(21-2)16-9-15-13/h4,9-12,17H,3,5-8H2,1-2H3/t10-,11+,12+/m0/s1. The van der Waals surface area contributed by atoms with E-state index in [0.29, 0.717) is 24.9 Å². The van der Waals surface area contributed by atoms with Gasteiger partial charge in [-0.2, -0.15) is 0 Å². The van der Waals surface area contributed by atoms with Crippen molar-refractivity contribution >= 4 is 15.8 Å². The SMILES string of the molecule is CCS(=O)(=O)NC[C@H]1CO[C@@H]2CN(c3cc(OC)ncn3)C[C@H]12. The van der Waals surface area contributed by atoms with Crippen LogP contribution in [0.25, 0.3) is 0 Å². The summed E-state index contributed by atoms with van der Waals surface area (Å²) in [5, 5.41) is 0. The van der Waals surface area contributed by atoms with E-state index in [9.17, 15) is 8.42 Å². The Morgan fingerprint density at radius 1 is 1.43 bits per heavy atom. The normalized spacial score (nSPS) is 27.2. The van der Waals surface area contributed by atoms with Crippen LogP contribution in [0.3, 0.4) is 0 Å². The summed E-state index contributed by atoms with van der Waals surface area (Å²) >= 11 is 0. The highest BCUT2D eigenvalue weighted by Gasteiger charge is 2.44. The molecule has 0 unspecified atom stereocenters. The maximum absolute atomic E-state index is 11.6. The van der Waals surface area contributed by atoms with Crippen LogP contribution in [-0.4, -0.2) is 63.6 Å². The Morgan fingerprint density at radius 3 is 3.00 bits per heavy atom. The van der Waals surface area contributed by atoms with Crippen molar-refractivity contribution in [3.63, 3.8) is 0 Å². The van der Waals surface area contributed by atoms with Gasteiger partial charge >= 0.3 is 0 Å². The van der Waals surface area contributed by atoms with Crippen molar-refractivity contribution in [3.8, 4) is 5.88 Å². The number of rotatable bonds is 6. The Kier molecular flexibility index (Phi) is 4.69. The Labute approximate surface area is 136 Å². The Bertz CT molecular complexity index is 654. The van der Waals surface area contributed by atoms with Gasteiger partial charge < -0.3 is 14.4 Å². The number of hydrogen-bond acceptors (Lipinski definition) is 7. The molecular weight excluding hydrogens is 320 g/mol. The summed E-state index contributed by atoms with van der Waals surface area (Å²) in [6, 6.07) is 1.80. The maximum Gasteiger partial charge on any atom is 0.218 e. The number of hydrogen-bond donors (Lipinski definition) is 1. The number of fused-ring (bicyclic) bond motifs is 1. The number of sulfonamides is 1. The second-order valence-electron chi connectivity index (χ2n) is 5.87. The summed E-state index contributed by atoms with van der Waals surface area (Å²) in [5.74, 6) is 1.93. The van der Waals surface area contributed by atoms with E-state index in [0.717, 1.165) is 18.9 Å². The lowest BCUT2D eigenvalue weighted by Crippen LogP contribution is -2.35. The molecule has 2 aliphatic heterocycles. The molecule has 3 heterocycles. The molecule has 1 aromatic rings. The largest absolute Gasteiger partial charge is 0.481 e. The van der Waals surface area contributed by atoms with Crippen LogP contribution < -0.4 is 14.4 Å². The molecule has 1 N–H and O–H groups in total. The van der Waals surface area contributed by atoms with Crippen LogP contribution >= 0.6 is 0 Å². The van der Waals surface area contributed by atoms with Gasteiger partial charge in [-0.15, -0.1) is 0 Å². The van der Waals surface area contributed by atoms with E-state index in [4.69, 9.17) is 9.47 Å². The third-order valence-corrected chi connectivity index (χ3v) is 5.91. The molecule has 128 valence electrons. The first-order chi connectivity index (χ1) is 11.0. The van der Waals surface area contributed by atoms with Crippen molar-refractivity contribution in [1.29, 1.82) is 0 Å². The van der Waals surface area contributed by atoms with Crippen molar-refractivity contribution in [2.24, 2.45) is 11.8 Å². The molecule has 2 fully saturated rings. The zero-order valence-electron chi connectivity index (χ0n) is 13.3. The van der Waals surface area contributed by atoms with Gasteiger partial charge in [-0.1, -0.05) is 0 Å². The highest BCUT2D eigenvalue weighted by atomic mass is 32.2. The number of ether oxygens (including phenoxy) is 2. The van der Waals surface area contributed by atoms with E-state index in [1.165, 1.54) is 6.33 Å². The molecule has 0 saturated carbocycles. The van der Waals surface area contributed by atoms with E-state index in [1.54, 1.807) is 20.1 Å². The fraction of sp³-hybridized carbons (Fsp3) is 0.714. The molecule has 0 spiro atoms. The molecule has 23 heavy (non-hydrogen) atoms. The Hall–Kier alpha value is -1.45. The van der Waals surface area contributed by atoms with E-state index in [-0.39, 0.29) is 17.8 Å². The molecule has 0 aromatic carbocycles. The van der Waals surface area contributed by atoms with Crippen molar-refractivity contribution in [2.75, 3.05) is 44.0 Å². The van der Waals surface area contributed by atoms with Crippen molar-refractivity contribution in [3.05, 3.63) is 12.4 Å². The molecule has 9 heteroatoms. The lowest BCUT2D eigenvalue weighted by molar-refractivity contribution is 0.111. The van der Waals surface area contributed by atoms with Crippen LogP contribution in [0.4, 0.5) is 5.82 Å². The molecule has 2 saturated heterocycles. The van der Waals surface area contributed by atoms with E-state index in [2.05, 4.69) is 19.6 Å². The first kappa shape index (κ1) is 16.4. The van der Waals surface area contributed by atoms with E-state index in [1.807, 2.05) is 0 Å². The minimum Gasteiger partial charge on any atom is -0.481 e. The number of nitrogens with zero attached hydrogens (tertiary/aromatic N) is 3. The molecule has 3 rings (SSSR count). The van der Waals surface area contributed by atoms with Gasteiger partial charge in [-0.05, 0) is 6.92 Å². The predicted molar refractivity (Wildman–Crippen MR) is 85.0 cm³/mol. The monoisotopic (exact) mass is 342 g/mol. The summed E-state index contributed by atoms with van der Waals surface area (Å²) in [4.78, 5) is 10.4. The first-order valence-electron chi connectivity index (χ1n) is 7.72. The fourth-order valence-corrected chi connectivity index (χ4v) is 3.82. The third-order valence-electron chi connectivity index (χ3n) is 4.55. The molecule has 0 bridgehead atoms. The fourth-order valence-electron chi connectivity index (χ4n) is 3.15. The minimum absolute atomic E-state index is 0.0987. The number of methoxy groups -OCH3 is 1. The zero-order chi connectivity index (χ0) is 16.4. The summed E-state index contributed by atoms with van der Waals surface area (Å²) < 4.78 is 36.9. The van der Waals surface area contributed by atoms with E-state index < -0.39 is 10.0 Å². The van der Waals surface area contributed by atoms with Crippen LogP contribution in [0, 0.1) is 11.8 Å². The number of anilines is 1. The smallest absolute Gasteiger partial charge is 0.218 e. The van der Waals surface area contributed by atoms with Crippen LogP contribution in [0.2, 0.25) is 0 Å². The topological polar surface area (TPSA) is 93.7 Å². The molecular formula is C14H22N4O4S. The van der Waals surface area contributed by atoms with Crippen molar-refractivity contribution in [1.82, 2.24) is 14.7 Å². The Balaban J connectivity index is 1.64. The molecule has 8 nitrogen and oxygen atoms in total. The average molecular weight is 342 g/mol. The highest BCUT2D eigenvalue weighted by molar-refractivity contribution is 7.89. The molecule has 2 aliphatic rings. The number of nitrogens with one attached hydrogen (secondary N) is 1. The predicted octanol–water partition coefficient (Wildman–Crippen LogP) is -0.124. The molecule has 0 amide bonds. The van der Waals surface area contributed by atoms with E-state index >= 15 is 0 Å². The summed E-state index contributed by atoms with van der Waals surface area (Å²) in [6.07, 6.45) is 1.60. The van der Waals surface area contributed by atoms with Crippen molar-refractivity contribution in [2.45, 2.75) is 13.0 Å². The van der Waals surface area contributed by atoms with Gasteiger partial charge in [0.1, 0.15) is 12.1 Å². The molecule has 0 aliphatic carbocycles. The van der Waals surface area contributed by atoms with Crippen LogP contribution in [0.1, 0.15) is 6.92 Å². The van der Waals surface area contributed by atoms with Crippen LogP contribution in [0.15, 0.2) is 12.4 Å². The van der Waals surface area contributed by atoms with Gasteiger partial charge in [0.25, 0.3) is 0 Å². The van der Waals surface area contributed by atoms with Gasteiger partial charge in [0.05, 0.1) is 25.6 Å². The Morgan fingerprint density at radius 2 is 2.26 bits per heavy atom. The van der Waals surface area contributed by atoms with Gasteiger partial charge in [-0.3, -0.25) is 0 Å². The van der Waals surface area contributed by atoms with Crippen LogP contribution in [0.5, 0.6) is 5.88 Å². The minimum atomic E-state index is -3.17. The summed E-state index contributed by atoms with van der Waals surface area (Å²) in [5.41, 5.74) is 0. The zero-order valence-corrected chi connectivity index (χ0v) is 14.1. The van der Waals surface area contributed by atoms with Gasteiger partial charge in [0.15, 0.2) is 0 Å². The quantitative estimate of drug-likeness (QED) is 0.770. The average Bonchev–Trinajstić information content (AvgIpc) is 3.14. The molecule has 0 radical (unpaired) electrons. The summed E-state index contributed by atoms with van der Waals surface area (Å²) in [6.45, 7) is 4.21. The van der Waals surface area contributed by atoms with Gasteiger partial charge in [-0.25, -0.2) is 23.1 Å². The van der Waals surface area contributed by atoms with Crippen LogP contribution in [-0.2, 0) is 14.8 Å². The second kappa shape index (κ2) is 6.58. The second-order valence-corrected chi connectivity index (χ2v) is 7.97. The molecule has 3 atom stereocenters. The maximum atomic E-state index is 11.6. The first-order valence-corrected chi connectivity index (χ1v) is 9.37. The highest BCUT2D eigenvalue weighted by Crippen LogP contribution is 2.35. The lowest BCUT2D eigenvalue weighted by Gasteiger charge is -2.20. The molecule has 1 aromatic heterocycles. The lowest BCUT2D eigenvalue weighted by atomic mass is 9.93.